The molecular formula is C15H23N3O2. The molecular weight excluding hydrogens is 254 g/mol. The number of rotatable bonds is 3. The number of aliphatic hydroxyl groups is 1. The standard InChI is InChI=1S/C15H23N3O2/c1-10-4-6-15(20,7-5-10)9-16-14(19)13-8-11(2)17-18-12(13)3/h8,10,20H,4-7,9H2,1-3H3,(H,16,19). The number of aromatic nitrogens is 2. The lowest BCUT2D eigenvalue weighted by Crippen LogP contribution is -2.45. The minimum absolute atomic E-state index is 0.187. The summed E-state index contributed by atoms with van der Waals surface area (Å²) in [6.07, 6.45) is 3.53. The maximum atomic E-state index is 12.2. The van der Waals surface area contributed by atoms with Crippen molar-refractivity contribution in [3.8, 4) is 0 Å². The number of hydrogen-bond acceptors (Lipinski definition) is 4. The van der Waals surface area contributed by atoms with Gasteiger partial charge in [-0.25, -0.2) is 0 Å². The normalized spacial score (nSPS) is 26.3. The van der Waals surface area contributed by atoms with E-state index in [-0.39, 0.29) is 5.91 Å². The summed E-state index contributed by atoms with van der Waals surface area (Å²) >= 11 is 0. The van der Waals surface area contributed by atoms with Crippen molar-refractivity contribution >= 4 is 5.91 Å². The summed E-state index contributed by atoms with van der Waals surface area (Å²) in [6, 6.07) is 1.73. The van der Waals surface area contributed by atoms with E-state index in [1.54, 1.807) is 19.9 Å². The molecule has 1 aromatic rings. The van der Waals surface area contributed by atoms with E-state index in [1.807, 2.05) is 0 Å². The van der Waals surface area contributed by atoms with Crippen molar-refractivity contribution in [1.29, 1.82) is 0 Å². The predicted octanol–water partition coefficient (Wildman–Crippen LogP) is 1.76. The molecule has 0 bridgehead atoms. The smallest absolute Gasteiger partial charge is 0.253 e. The first-order chi connectivity index (χ1) is 9.39. The fraction of sp³-hybridized carbons (Fsp3) is 0.667. The Labute approximate surface area is 119 Å². The van der Waals surface area contributed by atoms with Gasteiger partial charge in [0.25, 0.3) is 5.91 Å². The maximum Gasteiger partial charge on any atom is 0.253 e. The minimum Gasteiger partial charge on any atom is -0.388 e. The van der Waals surface area contributed by atoms with Gasteiger partial charge in [0.05, 0.1) is 22.6 Å². The third-order valence-electron chi connectivity index (χ3n) is 4.13. The maximum absolute atomic E-state index is 12.2. The first-order valence-corrected chi connectivity index (χ1v) is 7.21. The lowest BCUT2D eigenvalue weighted by molar-refractivity contribution is -0.00541. The van der Waals surface area contributed by atoms with Crippen LogP contribution in [0, 0.1) is 19.8 Å². The summed E-state index contributed by atoms with van der Waals surface area (Å²) in [5.41, 5.74) is 1.10. The highest BCUT2D eigenvalue weighted by Crippen LogP contribution is 2.31. The number of carbonyl (C=O) groups excluding carboxylic acids is 1. The second-order valence-corrected chi connectivity index (χ2v) is 6.07. The predicted molar refractivity (Wildman–Crippen MR) is 76.4 cm³/mol. The quantitative estimate of drug-likeness (QED) is 0.883. The van der Waals surface area contributed by atoms with Crippen molar-refractivity contribution in [1.82, 2.24) is 15.5 Å². The summed E-state index contributed by atoms with van der Waals surface area (Å²) in [4.78, 5) is 12.2. The Hall–Kier alpha value is -1.49. The highest BCUT2D eigenvalue weighted by atomic mass is 16.3. The van der Waals surface area contributed by atoms with Crippen LogP contribution in [0.25, 0.3) is 0 Å². The third kappa shape index (κ3) is 3.54. The molecule has 1 aliphatic carbocycles. The molecule has 0 atom stereocenters. The SMILES string of the molecule is Cc1cc(C(=O)NCC2(O)CCC(C)CC2)c(C)nn1. The van der Waals surface area contributed by atoms with Gasteiger partial charge in [-0.3, -0.25) is 4.79 Å². The Morgan fingerprint density at radius 2 is 2.05 bits per heavy atom. The molecule has 2 rings (SSSR count). The largest absolute Gasteiger partial charge is 0.388 e. The summed E-state index contributed by atoms with van der Waals surface area (Å²) < 4.78 is 0. The molecule has 5 heteroatoms. The molecule has 20 heavy (non-hydrogen) atoms. The van der Waals surface area contributed by atoms with Gasteiger partial charge in [0.2, 0.25) is 0 Å². The van der Waals surface area contributed by atoms with Gasteiger partial charge in [-0.15, -0.1) is 0 Å². The van der Waals surface area contributed by atoms with Crippen LogP contribution in [0.2, 0.25) is 0 Å². The number of nitrogens with zero attached hydrogens (tertiary/aromatic N) is 2. The topological polar surface area (TPSA) is 75.1 Å². The zero-order chi connectivity index (χ0) is 14.8. The van der Waals surface area contributed by atoms with E-state index in [4.69, 9.17) is 0 Å². The average molecular weight is 277 g/mol. The van der Waals surface area contributed by atoms with Crippen LogP contribution in [0.1, 0.15) is 54.4 Å². The molecule has 0 spiro atoms. The van der Waals surface area contributed by atoms with Crippen molar-refractivity contribution in [2.45, 2.75) is 52.1 Å². The minimum atomic E-state index is -0.758. The van der Waals surface area contributed by atoms with Crippen molar-refractivity contribution in [2.75, 3.05) is 6.54 Å². The Bertz CT molecular complexity index is 494. The van der Waals surface area contributed by atoms with Crippen LogP contribution in [0.5, 0.6) is 0 Å². The Morgan fingerprint density at radius 3 is 2.70 bits per heavy atom. The van der Waals surface area contributed by atoms with Crippen molar-refractivity contribution < 1.29 is 9.90 Å². The molecule has 2 N–H and O–H groups in total. The zero-order valence-electron chi connectivity index (χ0n) is 12.4. The highest BCUT2D eigenvalue weighted by Gasteiger charge is 2.32. The van der Waals surface area contributed by atoms with Crippen LogP contribution < -0.4 is 5.32 Å². The summed E-state index contributed by atoms with van der Waals surface area (Å²) in [5.74, 6) is 0.479. The van der Waals surface area contributed by atoms with Gasteiger partial charge in [-0.2, -0.15) is 10.2 Å². The summed E-state index contributed by atoms with van der Waals surface area (Å²) in [6.45, 7) is 6.07. The van der Waals surface area contributed by atoms with Crippen molar-refractivity contribution in [3.05, 3.63) is 23.0 Å². The van der Waals surface area contributed by atoms with E-state index in [0.717, 1.165) is 25.7 Å². The number of nitrogens with one attached hydrogen (secondary N) is 1. The van der Waals surface area contributed by atoms with Gasteiger partial charge in [0.1, 0.15) is 0 Å². The Balaban J connectivity index is 1.97. The number of amides is 1. The van der Waals surface area contributed by atoms with Gasteiger partial charge in [-0.05, 0) is 51.5 Å². The fourth-order valence-electron chi connectivity index (χ4n) is 2.60. The Morgan fingerprint density at radius 1 is 1.40 bits per heavy atom. The molecule has 1 heterocycles. The first-order valence-electron chi connectivity index (χ1n) is 7.21. The van der Waals surface area contributed by atoms with E-state index in [9.17, 15) is 9.90 Å². The zero-order valence-corrected chi connectivity index (χ0v) is 12.4. The fourth-order valence-corrected chi connectivity index (χ4v) is 2.60. The molecule has 5 nitrogen and oxygen atoms in total. The molecule has 0 radical (unpaired) electrons. The van der Waals surface area contributed by atoms with Gasteiger partial charge in [-0.1, -0.05) is 6.92 Å². The lowest BCUT2D eigenvalue weighted by Gasteiger charge is -2.34. The van der Waals surface area contributed by atoms with Crippen molar-refractivity contribution in [2.24, 2.45) is 5.92 Å². The van der Waals surface area contributed by atoms with Crippen LogP contribution in [0.15, 0.2) is 6.07 Å². The molecule has 0 saturated heterocycles. The van der Waals surface area contributed by atoms with Crippen LogP contribution >= 0.6 is 0 Å². The van der Waals surface area contributed by atoms with E-state index < -0.39 is 5.60 Å². The van der Waals surface area contributed by atoms with Crippen LogP contribution in [0.4, 0.5) is 0 Å². The number of hydrogen-bond donors (Lipinski definition) is 2. The second kappa shape index (κ2) is 5.87. The van der Waals surface area contributed by atoms with E-state index in [0.29, 0.717) is 29.4 Å². The molecule has 110 valence electrons. The Kier molecular flexibility index (Phi) is 4.38. The van der Waals surface area contributed by atoms with Gasteiger partial charge in [0, 0.05) is 6.54 Å². The number of carbonyl (C=O) groups is 1. The molecule has 1 aromatic heterocycles. The second-order valence-electron chi connectivity index (χ2n) is 6.07. The molecule has 0 aromatic carbocycles. The van der Waals surface area contributed by atoms with Crippen molar-refractivity contribution in [3.63, 3.8) is 0 Å². The summed E-state index contributed by atoms with van der Waals surface area (Å²) in [7, 11) is 0. The number of aryl methyl sites for hydroxylation is 2. The first kappa shape index (κ1) is 14.9. The average Bonchev–Trinajstić information content (AvgIpc) is 2.43. The van der Waals surface area contributed by atoms with Crippen LogP contribution in [-0.4, -0.2) is 33.4 Å². The monoisotopic (exact) mass is 277 g/mol. The molecule has 0 unspecified atom stereocenters. The van der Waals surface area contributed by atoms with Gasteiger partial charge in [0.15, 0.2) is 0 Å². The summed E-state index contributed by atoms with van der Waals surface area (Å²) in [5, 5.41) is 21.2. The van der Waals surface area contributed by atoms with E-state index >= 15 is 0 Å². The molecule has 1 aliphatic rings. The molecule has 0 aliphatic heterocycles. The molecule has 1 amide bonds. The lowest BCUT2D eigenvalue weighted by atomic mass is 9.79. The molecule has 1 fully saturated rings. The van der Waals surface area contributed by atoms with Crippen LogP contribution in [-0.2, 0) is 0 Å². The van der Waals surface area contributed by atoms with Gasteiger partial charge < -0.3 is 10.4 Å². The van der Waals surface area contributed by atoms with E-state index in [1.165, 1.54) is 0 Å². The third-order valence-corrected chi connectivity index (χ3v) is 4.13. The highest BCUT2D eigenvalue weighted by molar-refractivity contribution is 5.95. The van der Waals surface area contributed by atoms with Crippen LogP contribution in [0.3, 0.4) is 0 Å². The molecule has 1 saturated carbocycles. The van der Waals surface area contributed by atoms with E-state index in [2.05, 4.69) is 22.4 Å². The van der Waals surface area contributed by atoms with Gasteiger partial charge >= 0.3 is 0 Å².